The fourth-order valence-corrected chi connectivity index (χ4v) is 3.67. The zero-order chi connectivity index (χ0) is 20.8. The highest BCUT2D eigenvalue weighted by molar-refractivity contribution is 5.82. The lowest BCUT2D eigenvalue weighted by molar-refractivity contribution is -0.125. The number of nitrogens with one attached hydrogen (secondary N) is 1. The van der Waals surface area contributed by atoms with Crippen molar-refractivity contribution in [1.82, 2.24) is 30.4 Å². The van der Waals surface area contributed by atoms with Gasteiger partial charge in [0, 0.05) is 19.6 Å². The van der Waals surface area contributed by atoms with Gasteiger partial charge in [-0.2, -0.15) is 0 Å². The van der Waals surface area contributed by atoms with E-state index in [0.717, 1.165) is 11.3 Å². The number of tetrazole rings is 1. The third-order valence-electron chi connectivity index (χ3n) is 5.21. The maximum absolute atomic E-state index is 13.0. The van der Waals surface area contributed by atoms with E-state index in [-0.39, 0.29) is 23.8 Å². The van der Waals surface area contributed by atoms with E-state index in [4.69, 9.17) is 4.42 Å². The molecule has 1 fully saturated rings. The molecule has 3 heterocycles. The molecule has 9 heteroatoms. The smallest absolute Gasteiger partial charge is 0.237 e. The lowest BCUT2D eigenvalue weighted by Gasteiger charge is -2.21. The Hall–Kier alpha value is -3.33. The summed E-state index contributed by atoms with van der Waals surface area (Å²) in [6.45, 7) is 1.77. The van der Waals surface area contributed by atoms with E-state index < -0.39 is 0 Å². The molecule has 1 N–H and O–H groups in total. The van der Waals surface area contributed by atoms with Gasteiger partial charge in [-0.05, 0) is 59.2 Å². The van der Waals surface area contributed by atoms with Crippen molar-refractivity contribution in [3.8, 4) is 0 Å². The van der Waals surface area contributed by atoms with Crippen LogP contribution in [-0.2, 0) is 11.2 Å². The largest absolute Gasteiger partial charge is 0.465 e. The van der Waals surface area contributed by atoms with Crippen molar-refractivity contribution in [2.24, 2.45) is 0 Å². The molecule has 1 amide bonds. The Labute approximate surface area is 173 Å². The number of likely N-dealkylation sites (tertiary alicyclic amines) is 1. The van der Waals surface area contributed by atoms with Gasteiger partial charge in [0.1, 0.15) is 17.9 Å². The number of hydrogen-bond acceptors (Lipinski definition) is 6. The first-order valence-electron chi connectivity index (χ1n) is 9.88. The number of carbonyl (C=O) groups is 1. The lowest BCUT2D eigenvalue weighted by Crippen LogP contribution is -2.43. The molecule has 1 saturated heterocycles. The van der Waals surface area contributed by atoms with Crippen LogP contribution >= 0.6 is 0 Å². The van der Waals surface area contributed by atoms with Crippen molar-refractivity contribution in [2.75, 3.05) is 19.6 Å². The van der Waals surface area contributed by atoms with Crippen LogP contribution in [0.5, 0.6) is 0 Å². The van der Waals surface area contributed by atoms with Gasteiger partial charge in [0.2, 0.25) is 5.91 Å². The van der Waals surface area contributed by atoms with E-state index in [1.807, 2.05) is 24.3 Å². The van der Waals surface area contributed by atoms with Gasteiger partial charge in [0.15, 0.2) is 0 Å². The molecule has 2 atom stereocenters. The first kappa shape index (κ1) is 20.0. The molecule has 1 aromatic carbocycles. The average Bonchev–Trinajstić information content (AvgIpc) is 3.51. The Kier molecular flexibility index (Phi) is 6.29. The summed E-state index contributed by atoms with van der Waals surface area (Å²) in [5.74, 6) is 0.478. The molecule has 0 saturated carbocycles. The molecule has 1 aliphatic heterocycles. The molecule has 0 aliphatic carbocycles. The summed E-state index contributed by atoms with van der Waals surface area (Å²) in [4.78, 5) is 15.0. The van der Waals surface area contributed by atoms with Crippen LogP contribution in [0.25, 0.3) is 6.08 Å². The first-order valence-corrected chi connectivity index (χ1v) is 9.88. The second-order valence-corrected chi connectivity index (χ2v) is 7.23. The van der Waals surface area contributed by atoms with Crippen molar-refractivity contribution in [2.45, 2.75) is 24.9 Å². The minimum Gasteiger partial charge on any atom is -0.465 e. The topological polar surface area (TPSA) is 89.1 Å². The molecule has 4 rings (SSSR count). The minimum absolute atomic E-state index is 0.0286. The summed E-state index contributed by atoms with van der Waals surface area (Å²) in [6, 6.07) is 9.78. The van der Waals surface area contributed by atoms with Crippen molar-refractivity contribution in [3.05, 3.63) is 72.2 Å². The fourth-order valence-electron chi connectivity index (χ4n) is 3.67. The van der Waals surface area contributed by atoms with Crippen LogP contribution in [-0.4, -0.2) is 56.7 Å². The third kappa shape index (κ3) is 4.98. The predicted octanol–water partition coefficient (Wildman–Crippen LogP) is 2.09. The molecule has 0 unspecified atom stereocenters. The van der Waals surface area contributed by atoms with Crippen LogP contribution in [0.4, 0.5) is 4.39 Å². The fraction of sp³-hybridized carbons (Fsp3) is 0.333. The highest BCUT2D eigenvalue weighted by Gasteiger charge is 2.37. The molecule has 1 aliphatic rings. The standard InChI is InChI=1S/C21H23FN6O2/c22-17-7-5-16(6-8-17)9-10-23-21(29)20-13-18(28-15-24-25-26-28)14-27(20)11-1-3-19-4-2-12-30-19/h1-8,12,15,18,20H,9-11,13-14H2,(H,23,29)/b3-1+/t18-,20-/m0/s1. The van der Waals surface area contributed by atoms with Gasteiger partial charge in [0.25, 0.3) is 0 Å². The summed E-state index contributed by atoms with van der Waals surface area (Å²) in [5.41, 5.74) is 0.980. The van der Waals surface area contributed by atoms with Gasteiger partial charge >= 0.3 is 0 Å². The van der Waals surface area contributed by atoms with E-state index in [0.29, 0.717) is 32.5 Å². The molecule has 0 radical (unpaired) electrons. The predicted molar refractivity (Wildman–Crippen MR) is 108 cm³/mol. The molecule has 0 spiro atoms. The van der Waals surface area contributed by atoms with Gasteiger partial charge in [0.05, 0.1) is 18.3 Å². The van der Waals surface area contributed by atoms with Gasteiger partial charge < -0.3 is 9.73 Å². The lowest BCUT2D eigenvalue weighted by atomic mass is 10.1. The molecular formula is C21H23FN6O2. The summed E-state index contributed by atoms with van der Waals surface area (Å²) in [6.07, 6.45) is 8.36. The number of nitrogens with zero attached hydrogens (tertiary/aromatic N) is 5. The molecule has 2 aromatic heterocycles. The molecule has 8 nitrogen and oxygen atoms in total. The van der Waals surface area contributed by atoms with E-state index in [1.54, 1.807) is 29.4 Å². The summed E-state index contributed by atoms with van der Waals surface area (Å²) in [7, 11) is 0. The second kappa shape index (κ2) is 9.45. The summed E-state index contributed by atoms with van der Waals surface area (Å²) in [5, 5.41) is 14.4. The molecule has 156 valence electrons. The van der Waals surface area contributed by atoms with E-state index >= 15 is 0 Å². The number of halogens is 1. The normalized spacial score (nSPS) is 19.5. The molecule has 0 bridgehead atoms. The SMILES string of the molecule is O=C(NCCc1ccc(F)cc1)[C@@H]1C[C@H](n2cnnn2)CN1C/C=C/c1ccco1. The maximum Gasteiger partial charge on any atom is 0.237 e. The number of carbonyl (C=O) groups excluding carboxylic acids is 1. The molecular weight excluding hydrogens is 387 g/mol. The number of benzene rings is 1. The Morgan fingerprint density at radius 1 is 1.30 bits per heavy atom. The van der Waals surface area contributed by atoms with Gasteiger partial charge in [-0.15, -0.1) is 5.10 Å². The number of hydrogen-bond donors (Lipinski definition) is 1. The Balaban J connectivity index is 1.36. The van der Waals surface area contributed by atoms with Crippen LogP contribution in [0.3, 0.4) is 0 Å². The van der Waals surface area contributed by atoms with E-state index in [9.17, 15) is 9.18 Å². The van der Waals surface area contributed by atoms with E-state index in [2.05, 4.69) is 25.7 Å². The van der Waals surface area contributed by atoms with Crippen LogP contribution < -0.4 is 5.32 Å². The Morgan fingerprint density at radius 2 is 2.17 bits per heavy atom. The van der Waals surface area contributed by atoms with Crippen molar-refractivity contribution < 1.29 is 13.6 Å². The maximum atomic E-state index is 13.0. The number of aromatic nitrogens is 4. The third-order valence-corrected chi connectivity index (χ3v) is 5.21. The Morgan fingerprint density at radius 3 is 2.90 bits per heavy atom. The van der Waals surface area contributed by atoms with E-state index in [1.165, 1.54) is 12.1 Å². The average molecular weight is 410 g/mol. The number of amides is 1. The van der Waals surface area contributed by atoms with Crippen molar-refractivity contribution in [3.63, 3.8) is 0 Å². The first-order chi connectivity index (χ1) is 14.7. The summed E-state index contributed by atoms with van der Waals surface area (Å²) < 4.78 is 20.0. The van der Waals surface area contributed by atoms with Crippen LogP contribution in [0, 0.1) is 5.82 Å². The van der Waals surface area contributed by atoms with Crippen molar-refractivity contribution >= 4 is 12.0 Å². The van der Waals surface area contributed by atoms with Crippen LogP contribution in [0.2, 0.25) is 0 Å². The number of rotatable bonds is 8. The molecule has 3 aromatic rings. The highest BCUT2D eigenvalue weighted by atomic mass is 19.1. The molecule has 30 heavy (non-hydrogen) atoms. The summed E-state index contributed by atoms with van der Waals surface area (Å²) >= 11 is 0. The zero-order valence-electron chi connectivity index (χ0n) is 16.4. The van der Waals surface area contributed by atoms with Gasteiger partial charge in [-0.3, -0.25) is 9.69 Å². The minimum atomic E-state index is -0.284. The zero-order valence-corrected chi connectivity index (χ0v) is 16.4. The van der Waals surface area contributed by atoms with Gasteiger partial charge in [-0.1, -0.05) is 18.2 Å². The number of furan rings is 1. The van der Waals surface area contributed by atoms with Crippen molar-refractivity contribution in [1.29, 1.82) is 0 Å². The monoisotopic (exact) mass is 410 g/mol. The highest BCUT2D eigenvalue weighted by Crippen LogP contribution is 2.26. The van der Waals surface area contributed by atoms with Crippen LogP contribution in [0.15, 0.2) is 59.5 Å². The second-order valence-electron chi connectivity index (χ2n) is 7.23. The van der Waals surface area contributed by atoms with Crippen LogP contribution in [0.1, 0.15) is 23.8 Å². The van der Waals surface area contributed by atoms with Gasteiger partial charge in [-0.25, -0.2) is 9.07 Å². The quantitative estimate of drug-likeness (QED) is 0.612. The Bertz CT molecular complexity index is 956.